The molecule has 3 rings (SSSR count). The number of amides is 2. The number of benzene rings is 1. The molecule has 2 heterocycles. The second-order valence-electron chi connectivity index (χ2n) is 6.96. The van der Waals surface area contributed by atoms with E-state index in [-0.39, 0.29) is 17.9 Å². The molecular formula is C21H26N4O3. The fourth-order valence-corrected chi connectivity index (χ4v) is 3.34. The molecule has 1 N–H and O–H groups in total. The van der Waals surface area contributed by atoms with Crippen LogP contribution in [-0.4, -0.2) is 46.4 Å². The summed E-state index contributed by atoms with van der Waals surface area (Å²) in [5.74, 6) is 0.900. The average Bonchev–Trinajstić information content (AvgIpc) is 2.89. The van der Waals surface area contributed by atoms with E-state index in [1.807, 2.05) is 29.2 Å². The van der Waals surface area contributed by atoms with E-state index in [1.165, 1.54) is 0 Å². The Morgan fingerprint density at radius 1 is 1.32 bits per heavy atom. The maximum Gasteiger partial charge on any atom is 0.222 e. The highest BCUT2D eigenvalue weighted by Gasteiger charge is 2.23. The summed E-state index contributed by atoms with van der Waals surface area (Å²) >= 11 is 0. The second-order valence-corrected chi connectivity index (χ2v) is 6.96. The van der Waals surface area contributed by atoms with Crippen LogP contribution in [0.2, 0.25) is 0 Å². The van der Waals surface area contributed by atoms with Crippen LogP contribution >= 0.6 is 0 Å². The van der Waals surface area contributed by atoms with Crippen LogP contribution in [-0.2, 0) is 22.6 Å². The number of carbonyl (C=O) groups excluding carboxylic acids is 2. The molecule has 2 amide bonds. The van der Waals surface area contributed by atoms with Gasteiger partial charge in [0.05, 0.1) is 12.8 Å². The van der Waals surface area contributed by atoms with Crippen molar-refractivity contribution in [3.63, 3.8) is 0 Å². The largest absolute Gasteiger partial charge is 0.497 e. The molecule has 1 aliphatic heterocycles. The van der Waals surface area contributed by atoms with Gasteiger partial charge in [0.2, 0.25) is 11.8 Å². The van der Waals surface area contributed by atoms with Crippen LogP contribution in [0.15, 0.2) is 42.9 Å². The molecule has 0 spiro atoms. The van der Waals surface area contributed by atoms with Gasteiger partial charge in [-0.3, -0.25) is 19.6 Å². The van der Waals surface area contributed by atoms with Crippen LogP contribution in [0, 0.1) is 0 Å². The zero-order chi connectivity index (χ0) is 19.8. The predicted molar refractivity (Wildman–Crippen MR) is 105 cm³/mol. The quantitative estimate of drug-likeness (QED) is 0.793. The minimum absolute atomic E-state index is 0.00986. The molecule has 1 atom stereocenters. The third kappa shape index (κ3) is 5.77. The van der Waals surface area contributed by atoms with E-state index >= 15 is 0 Å². The van der Waals surface area contributed by atoms with Crippen LogP contribution in [0.1, 0.15) is 36.9 Å². The Hall–Kier alpha value is -2.96. The summed E-state index contributed by atoms with van der Waals surface area (Å²) in [6.07, 6.45) is 7.72. The number of nitrogens with zero attached hydrogens (tertiary/aromatic N) is 3. The smallest absolute Gasteiger partial charge is 0.222 e. The minimum Gasteiger partial charge on any atom is -0.497 e. The number of methoxy groups -OCH3 is 1. The van der Waals surface area contributed by atoms with Gasteiger partial charge in [-0.2, -0.15) is 0 Å². The number of hydrogen-bond acceptors (Lipinski definition) is 5. The summed E-state index contributed by atoms with van der Waals surface area (Å²) < 4.78 is 5.25. The highest BCUT2D eigenvalue weighted by Crippen LogP contribution is 2.18. The maximum absolute atomic E-state index is 12.5. The molecule has 1 saturated heterocycles. The van der Waals surface area contributed by atoms with Crippen molar-refractivity contribution >= 4 is 11.8 Å². The summed E-state index contributed by atoms with van der Waals surface area (Å²) in [5.41, 5.74) is 1.84. The Morgan fingerprint density at radius 3 is 3.00 bits per heavy atom. The molecule has 1 aromatic heterocycles. The highest BCUT2D eigenvalue weighted by molar-refractivity contribution is 5.78. The maximum atomic E-state index is 12.5. The summed E-state index contributed by atoms with van der Waals surface area (Å²) in [6, 6.07) is 7.78. The Morgan fingerprint density at radius 2 is 2.21 bits per heavy atom. The molecule has 1 unspecified atom stereocenters. The Bertz CT molecular complexity index is 797. The van der Waals surface area contributed by atoms with Gasteiger partial charge >= 0.3 is 0 Å². The van der Waals surface area contributed by atoms with Crippen molar-refractivity contribution in [1.29, 1.82) is 0 Å². The van der Waals surface area contributed by atoms with Crippen molar-refractivity contribution in [3.8, 4) is 5.75 Å². The van der Waals surface area contributed by atoms with E-state index in [0.29, 0.717) is 38.8 Å². The van der Waals surface area contributed by atoms with Crippen LogP contribution in [0.3, 0.4) is 0 Å². The van der Waals surface area contributed by atoms with Crippen molar-refractivity contribution in [2.45, 2.75) is 44.7 Å². The Labute approximate surface area is 165 Å². The van der Waals surface area contributed by atoms with Crippen LogP contribution < -0.4 is 10.1 Å². The van der Waals surface area contributed by atoms with E-state index in [0.717, 1.165) is 23.4 Å². The van der Waals surface area contributed by atoms with Gasteiger partial charge in [-0.25, -0.2) is 0 Å². The van der Waals surface area contributed by atoms with Crippen molar-refractivity contribution in [1.82, 2.24) is 20.2 Å². The van der Waals surface area contributed by atoms with Crippen molar-refractivity contribution in [2.24, 2.45) is 0 Å². The number of likely N-dealkylation sites (tertiary alicyclic amines) is 1. The first kappa shape index (κ1) is 19.8. The number of aromatic nitrogens is 2. The number of ether oxygens (including phenoxy) is 1. The third-order valence-corrected chi connectivity index (χ3v) is 4.90. The normalized spacial score (nSPS) is 17.1. The Balaban J connectivity index is 1.49. The van der Waals surface area contributed by atoms with E-state index in [9.17, 15) is 9.59 Å². The highest BCUT2D eigenvalue weighted by atomic mass is 16.5. The monoisotopic (exact) mass is 382 g/mol. The van der Waals surface area contributed by atoms with Gasteiger partial charge in [-0.15, -0.1) is 0 Å². The lowest BCUT2D eigenvalue weighted by Gasteiger charge is -2.21. The lowest BCUT2D eigenvalue weighted by molar-refractivity contribution is -0.131. The standard InChI is InChI=1S/C21H26N4O3/c1-28-19-4-2-3-16(13-19)15-25-12-9-17(6-8-21(25)27)24-20(26)7-5-18-14-22-10-11-23-18/h2-4,10-11,13-14,17H,5-9,12,15H2,1H3,(H,24,26). The van der Waals surface area contributed by atoms with Gasteiger partial charge in [0, 0.05) is 50.6 Å². The Kier molecular flexibility index (Phi) is 6.94. The summed E-state index contributed by atoms with van der Waals surface area (Å²) in [7, 11) is 1.63. The van der Waals surface area contributed by atoms with Crippen LogP contribution in [0.4, 0.5) is 0 Å². The van der Waals surface area contributed by atoms with E-state index in [4.69, 9.17) is 4.74 Å². The summed E-state index contributed by atoms with van der Waals surface area (Å²) in [6.45, 7) is 1.19. The summed E-state index contributed by atoms with van der Waals surface area (Å²) in [5, 5.41) is 3.07. The van der Waals surface area contributed by atoms with Gasteiger partial charge in [-0.1, -0.05) is 12.1 Å². The molecule has 0 aliphatic carbocycles. The fourth-order valence-electron chi connectivity index (χ4n) is 3.34. The van der Waals surface area contributed by atoms with Gasteiger partial charge in [0.15, 0.2) is 0 Å². The average molecular weight is 382 g/mol. The minimum atomic E-state index is -0.00986. The second kappa shape index (κ2) is 9.82. The molecule has 2 aromatic rings. The molecular weight excluding hydrogens is 356 g/mol. The van der Waals surface area contributed by atoms with Gasteiger partial charge in [-0.05, 0) is 37.0 Å². The predicted octanol–water partition coefficient (Wildman–Crippen LogP) is 2.12. The molecule has 148 valence electrons. The van der Waals surface area contributed by atoms with E-state index < -0.39 is 0 Å². The van der Waals surface area contributed by atoms with Gasteiger partial charge in [0.1, 0.15) is 5.75 Å². The molecule has 7 heteroatoms. The molecule has 7 nitrogen and oxygen atoms in total. The molecule has 1 aliphatic rings. The number of carbonyl (C=O) groups is 2. The number of hydrogen-bond donors (Lipinski definition) is 1. The van der Waals surface area contributed by atoms with E-state index in [2.05, 4.69) is 15.3 Å². The van der Waals surface area contributed by atoms with Crippen LogP contribution in [0.25, 0.3) is 0 Å². The number of rotatable bonds is 7. The topological polar surface area (TPSA) is 84.4 Å². The first-order chi connectivity index (χ1) is 13.6. The van der Waals surface area contributed by atoms with Gasteiger partial charge < -0.3 is 15.0 Å². The van der Waals surface area contributed by atoms with E-state index in [1.54, 1.807) is 25.7 Å². The van der Waals surface area contributed by atoms with Gasteiger partial charge in [0.25, 0.3) is 0 Å². The molecule has 0 bridgehead atoms. The lowest BCUT2D eigenvalue weighted by atomic mass is 10.1. The first-order valence-electron chi connectivity index (χ1n) is 9.59. The van der Waals surface area contributed by atoms with Crippen molar-refractivity contribution in [3.05, 3.63) is 54.1 Å². The number of aryl methyl sites for hydroxylation is 1. The van der Waals surface area contributed by atoms with Crippen molar-refractivity contribution in [2.75, 3.05) is 13.7 Å². The lowest BCUT2D eigenvalue weighted by Crippen LogP contribution is -2.36. The molecule has 0 radical (unpaired) electrons. The third-order valence-electron chi connectivity index (χ3n) is 4.90. The molecule has 1 aromatic carbocycles. The first-order valence-corrected chi connectivity index (χ1v) is 9.59. The zero-order valence-electron chi connectivity index (χ0n) is 16.1. The SMILES string of the molecule is COc1cccc(CN2CCC(NC(=O)CCc3cnccn3)CCC2=O)c1. The molecule has 1 fully saturated rings. The molecule has 28 heavy (non-hydrogen) atoms. The molecule has 0 saturated carbocycles. The zero-order valence-corrected chi connectivity index (χ0v) is 16.1. The van der Waals surface area contributed by atoms with Crippen molar-refractivity contribution < 1.29 is 14.3 Å². The fraction of sp³-hybridized carbons (Fsp3) is 0.429. The summed E-state index contributed by atoms with van der Waals surface area (Å²) in [4.78, 5) is 34.8. The number of nitrogens with one attached hydrogen (secondary N) is 1. The van der Waals surface area contributed by atoms with Crippen LogP contribution in [0.5, 0.6) is 5.75 Å².